The van der Waals surface area contributed by atoms with Gasteiger partial charge in [0.2, 0.25) is 0 Å². The van der Waals surface area contributed by atoms with Gasteiger partial charge in [-0.3, -0.25) is 4.79 Å². The summed E-state index contributed by atoms with van der Waals surface area (Å²) in [6, 6.07) is 14.4. The highest BCUT2D eigenvalue weighted by Gasteiger charge is 2.16. The number of anilines is 2. The van der Waals surface area contributed by atoms with Crippen LogP contribution >= 0.6 is 0 Å². The van der Waals surface area contributed by atoms with Gasteiger partial charge < -0.3 is 24.4 Å². The number of unbranched alkanes of at least 4 members (excludes halogenated alkanes) is 1. The van der Waals surface area contributed by atoms with E-state index in [2.05, 4.69) is 10.2 Å². The van der Waals surface area contributed by atoms with E-state index < -0.39 is 6.10 Å². The normalized spacial score (nSPS) is 14.6. The van der Waals surface area contributed by atoms with Gasteiger partial charge in [-0.05, 0) is 61.9 Å². The van der Waals surface area contributed by atoms with Crippen LogP contribution in [0.1, 0.15) is 37.0 Å². The summed E-state index contributed by atoms with van der Waals surface area (Å²) in [6.45, 7) is 7.33. The molecule has 1 saturated heterocycles. The molecule has 2 aromatic rings. The molecule has 0 aliphatic carbocycles. The zero-order valence-electron chi connectivity index (χ0n) is 18.1. The Morgan fingerprint density at radius 1 is 1.06 bits per heavy atom. The fourth-order valence-electron chi connectivity index (χ4n) is 3.14. The Labute approximate surface area is 183 Å². The number of esters is 1. The smallest absolute Gasteiger partial charge is 0.338 e. The van der Waals surface area contributed by atoms with Crippen LogP contribution in [0, 0.1) is 0 Å². The molecule has 1 N–H and O–H groups in total. The van der Waals surface area contributed by atoms with Crippen molar-refractivity contribution in [3.63, 3.8) is 0 Å². The molecule has 31 heavy (non-hydrogen) atoms. The number of ether oxygens (including phenoxy) is 3. The van der Waals surface area contributed by atoms with Gasteiger partial charge in [0.05, 0.1) is 25.4 Å². The molecule has 1 atom stereocenters. The standard InChI is InChI=1S/C24H30N2O5/c1-3-4-15-30-24(28)19-5-11-22(12-6-19)31-18(2)23(27)25-20-7-9-21(10-8-20)26-13-16-29-17-14-26/h5-12,18H,3-4,13-17H2,1-2H3,(H,25,27)/t18-/m1/s1. The fraction of sp³-hybridized carbons (Fsp3) is 0.417. The van der Waals surface area contributed by atoms with Gasteiger partial charge in [-0.15, -0.1) is 0 Å². The molecular weight excluding hydrogens is 396 g/mol. The van der Waals surface area contributed by atoms with Crippen LogP contribution in [-0.2, 0) is 14.3 Å². The molecule has 1 fully saturated rings. The van der Waals surface area contributed by atoms with Crippen molar-refractivity contribution in [2.24, 2.45) is 0 Å². The van der Waals surface area contributed by atoms with Crippen molar-refractivity contribution in [1.82, 2.24) is 0 Å². The third kappa shape index (κ3) is 6.72. The molecule has 0 saturated carbocycles. The van der Waals surface area contributed by atoms with Crippen molar-refractivity contribution >= 4 is 23.3 Å². The minimum absolute atomic E-state index is 0.248. The third-order valence-electron chi connectivity index (χ3n) is 5.01. The first-order valence-electron chi connectivity index (χ1n) is 10.7. The molecular formula is C24H30N2O5. The number of amides is 1. The summed E-state index contributed by atoms with van der Waals surface area (Å²) in [4.78, 5) is 26.7. The molecule has 166 valence electrons. The summed E-state index contributed by atoms with van der Waals surface area (Å²) in [5, 5.41) is 2.87. The molecule has 1 heterocycles. The van der Waals surface area contributed by atoms with Crippen molar-refractivity contribution in [3.05, 3.63) is 54.1 Å². The van der Waals surface area contributed by atoms with Crippen molar-refractivity contribution in [3.8, 4) is 5.75 Å². The Balaban J connectivity index is 1.49. The second kappa shape index (κ2) is 11.4. The maximum atomic E-state index is 12.5. The maximum Gasteiger partial charge on any atom is 0.338 e. The van der Waals surface area contributed by atoms with Crippen LogP contribution < -0.4 is 15.0 Å². The van der Waals surface area contributed by atoms with Crippen molar-refractivity contribution in [2.75, 3.05) is 43.1 Å². The fourth-order valence-corrected chi connectivity index (χ4v) is 3.14. The van der Waals surface area contributed by atoms with Gasteiger partial charge in [0.1, 0.15) is 5.75 Å². The lowest BCUT2D eigenvalue weighted by Crippen LogP contribution is -2.36. The molecule has 0 spiro atoms. The van der Waals surface area contributed by atoms with E-state index in [1.54, 1.807) is 31.2 Å². The van der Waals surface area contributed by atoms with E-state index in [0.717, 1.165) is 44.8 Å². The Hall–Kier alpha value is -3.06. The quantitative estimate of drug-likeness (QED) is 0.484. The number of carbonyl (C=O) groups excluding carboxylic acids is 2. The molecule has 1 aliphatic heterocycles. The van der Waals surface area contributed by atoms with Gasteiger partial charge in [0.15, 0.2) is 6.10 Å². The number of nitrogens with one attached hydrogen (secondary N) is 1. The first-order valence-corrected chi connectivity index (χ1v) is 10.7. The molecule has 7 nitrogen and oxygen atoms in total. The molecule has 0 radical (unpaired) electrons. The van der Waals surface area contributed by atoms with Crippen LogP contribution in [0.25, 0.3) is 0 Å². The average molecular weight is 427 g/mol. The van der Waals surface area contributed by atoms with Crippen LogP contribution in [0.15, 0.2) is 48.5 Å². The van der Waals surface area contributed by atoms with Crippen LogP contribution in [0.3, 0.4) is 0 Å². The Morgan fingerprint density at radius 2 is 1.74 bits per heavy atom. The van der Waals surface area contributed by atoms with E-state index in [1.165, 1.54) is 0 Å². The number of carbonyl (C=O) groups is 2. The number of hydrogen-bond acceptors (Lipinski definition) is 6. The largest absolute Gasteiger partial charge is 0.481 e. The van der Waals surface area contributed by atoms with Gasteiger partial charge in [-0.1, -0.05) is 13.3 Å². The molecule has 1 amide bonds. The Bertz CT molecular complexity index is 845. The lowest BCUT2D eigenvalue weighted by Gasteiger charge is -2.29. The number of rotatable bonds is 9. The van der Waals surface area contributed by atoms with Gasteiger partial charge in [0.25, 0.3) is 5.91 Å². The van der Waals surface area contributed by atoms with E-state index in [9.17, 15) is 9.59 Å². The van der Waals surface area contributed by atoms with E-state index in [-0.39, 0.29) is 11.9 Å². The maximum absolute atomic E-state index is 12.5. The van der Waals surface area contributed by atoms with Crippen LogP contribution in [-0.4, -0.2) is 50.9 Å². The monoisotopic (exact) mass is 426 g/mol. The van der Waals surface area contributed by atoms with Crippen LogP contribution in [0.5, 0.6) is 5.75 Å². The third-order valence-corrected chi connectivity index (χ3v) is 5.01. The molecule has 2 aromatic carbocycles. The number of morpholine rings is 1. The van der Waals surface area contributed by atoms with Crippen LogP contribution in [0.4, 0.5) is 11.4 Å². The predicted octanol–water partition coefficient (Wildman–Crippen LogP) is 3.89. The second-order valence-electron chi connectivity index (χ2n) is 7.41. The highest BCUT2D eigenvalue weighted by molar-refractivity contribution is 5.94. The lowest BCUT2D eigenvalue weighted by molar-refractivity contribution is -0.122. The minimum atomic E-state index is -0.693. The zero-order chi connectivity index (χ0) is 22.1. The summed E-state index contributed by atoms with van der Waals surface area (Å²) in [6.07, 6.45) is 1.12. The summed E-state index contributed by atoms with van der Waals surface area (Å²) >= 11 is 0. The molecule has 0 unspecified atom stereocenters. The summed E-state index contributed by atoms with van der Waals surface area (Å²) < 4.78 is 16.3. The zero-order valence-corrected chi connectivity index (χ0v) is 18.1. The number of hydrogen-bond donors (Lipinski definition) is 1. The van der Waals surface area contributed by atoms with E-state index in [1.807, 2.05) is 31.2 Å². The molecule has 1 aliphatic rings. The van der Waals surface area contributed by atoms with Crippen LogP contribution in [0.2, 0.25) is 0 Å². The first-order chi connectivity index (χ1) is 15.1. The number of benzene rings is 2. The highest BCUT2D eigenvalue weighted by Crippen LogP contribution is 2.20. The second-order valence-corrected chi connectivity index (χ2v) is 7.41. The number of nitrogens with zero attached hydrogens (tertiary/aromatic N) is 1. The highest BCUT2D eigenvalue weighted by atomic mass is 16.5. The topological polar surface area (TPSA) is 77.1 Å². The Kier molecular flexibility index (Phi) is 8.29. The predicted molar refractivity (Wildman–Crippen MR) is 120 cm³/mol. The molecule has 0 aromatic heterocycles. The minimum Gasteiger partial charge on any atom is -0.481 e. The lowest BCUT2D eigenvalue weighted by atomic mass is 10.2. The molecule has 0 bridgehead atoms. The van der Waals surface area contributed by atoms with Crippen molar-refractivity contribution in [1.29, 1.82) is 0 Å². The van der Waals surface area contributed by atoms with Gasteiger partial charge in [0, 0.05) is 24.5 Å². The van der Waals surface area contributed by atoms with E-state index in [4.69, 9.17) is 14.2 Å². The van der Waals surface area contributed by atoms with Crippen molar-refractivity contribution < 1.29 is 23.8 Å². The molecule has 7 heteroatoms. The molecule has 3 rings (SSSR count). The SMILES string of the molecule is CCCCOC(=O)c1ccc(O[C@H](C)C(=O)Nc2ccc(N3CCOCC3)cc2)cc1. The van der Waals surface area contributed by atoms with Crippen molar-refractivity contribution in [2.45, 2.75) is 32.8 Å². The van der Waals surface area contributed by atoms with Gasteiger partial charge >= 0.3 is 5.97 Å². The Morgan fingerprint density at radius 3 is 2.39 bits per heavy atom. The summed E-state index contributed by atoms with van der Waals surface area (Å²) in [7, 11) is 0. The van der Waals surface area contributed by atoms with Gasteiger partial charge in [-0.25, -0.2) is 4.79 Å². The average Bonchev–Trinajstić information content (AvgIpc) is 2.80. The van der Waals surface area contributed by atoms with E-state index in [0.29, 0.717) is 23.6 Å². The first kappa shape index (κ1) is 22.6. The van der Waals surface area contributed by atoms with Gasteiger partial charge in [-0.2, -0.15) is 0 Å². The summed E-state index contributed by atoms with van der Waals surface area (Å²) in [5.74, 6) is -0.0936. The van der Waals surface area contributed by atoms with E-state index >= 15 is 0 Å². The summed E-state index contributed by atoms with van der Waals surface area (Å²) in [5.41, 5.74) is 2.28.